The minimum Gasteiger partial charge on any atom is -0.496 e. The molecule has 2 N–H and O–H groups in total. The van der Waals surface area contributed by atoms with Crippen molar-refractivity contribution in [2.75, 3.05) is 14.2 Å². The number of rotatable bonds is 7. The van der Waals surface area contributed by atoms with E-state index in [1.54, 1.807) is 13.2 Å². The molecular formula is C19H19N3O5S. The van der Waals surface area contributed by atoms with Crippen LogP contribution < -0.4 is 20.1 Å². The number of pyridine rings is 1. The van der Waals surface area contributed by atoms with Crippen molar-refractivity contribution in [3.63, 3.8) is 0 Å². The van der Waals surface area contributed by atoms with Crippen molar-refractivity contribution in [1.82, 2.24) is 15.6 Å². The third kappa shape index (κ3) is 4.42. The van der Waals surface area contributed by atoms with E-state index in [0.29, 0.717) is 11.3 Å². The van der Waals surface area contributed by atoms with E-state index < -0.39 is 5.25 Å². The van der Waals surface area contributed by atoms with Crippen LogP contribution in [0.25, 0.3) is 0 Å². The zero-order chi connectivity index (χ0) is 20.1. The molecule has 1 aliphatic heterocycles. The summed E-state index contributed by atoms with van der Waals surface area (Å²) in [6.07, 6.45) is 1.82. The quantitative estimate of drug-likeness (QED) is 0.730. The fourth-order valence-electron chi connectivity index (χ4n) is 2.79. The van der Waals surface area contributed by atoms with E-state index in [9.17, 15) is 14.4 Å². The van der Waals surface area contributed by atoms with Gasteiger partial charge in [-0.2, -0.15) is 0 Å². The van der Waals surface area contributed by atoms with Crippen LogP contribution in [0.4, 0.5) is 4.79 Å². The molecule has 1 aromatic carbocycles. The predicted molar refractivity (Wildman–Crippen MR) is 104 cm³/mol. The molecule has 1 aromatic heterocycles. The number of para-hydroxylation sites is 1. The maximum absolute atomic E-state index is 12.7. The fraction of sp³-hybridized carbons (Fsp3) is 0.263. The van der Waals surface area contributed by atoms with Gasteiger partial charge in [0.2, 0.25) is 11.8 Å². The standard InChI is InChI=1S/C19H19N3O5S/c1-26-14-6-4-3-5-12(14)10-20-16(23)13-7-11(9-21-18(13)27-2)8-15-17(24)22-19(25)28-15/h3-7,9,15H,8,10H2,1-2H3,(H,20,23)(H,22,24,25). The first kappa shape index (κ1) is 19.7. The van der Waals surface area contributed by atoms with E-state index in [1.165, 1.54) is 13.3 Å². The summed E-state index contributed by atoms with van der Waals surface area (Å²) in [7, 11) is 3.00. The number of aromatic nitrogens is 1. The highest BCUT2D eigenvalue weighted by molar-refractivity contribution is 8.15. The third-order valence-corrected chi connectivity index (χ3v) is 5.15. The van der Waals surface area contributed by atoms with Gasteiger partial charge in [0, 0.05) is 18.3 Å². The second-order valence-electron chi connectivity index (χ2n) is 5.98. The Morgan fingerprint density at radius 1 is 1.25 bits per heavy atom. The Bertz CT molecular complexity index is 918. The first-order valence-electron chi connectivity index (χ1n) is 8.46. The molecule has 28 heavy (non-hydrogen) atoms. The Kier molecular flexibility index (Phi) is 6.15. The summed E-state index contributed by atoms with van der Waals surface area (Å²) in [5, 5.41) is 4.16. The molecule has 146 valence electrons. The van der Waals surface area contributed by atoms with Crippen LogP contribution in [-0.2, 0) is 17.8 Å². The molecule has 0 spiro atoms. The van der Waals surface area contributed by atoms with Gasteiger partial charge in [0.05, 0.1) is 19.5 Å². The number of nitrogens with zero attached hydrogens (tertiary/aromatic N) is 1. The molecule has 0 aliphatic carbocycles. The number of thioether (sulfide) groups is 1. The van der Waals surface area contributed by atoms with Crippen molar-refractivity contribution in [3.05, 3.63) is 53.2 Å². The number of nitrogens with one attached hydrogen (secondary N) is 2. The summed E-state index contributed by atoms with van der Waals surface area (Å²) in [5.74, 6) is 0.154. The molecule has 0 bridgehead atoms. The normalized spacial score (nSPS) is 15.9. The molecule has 3 amide bonds. The number of imide groups is 1. The molecule has 2 heterocycles. The lowest BCUT2D eigenvalue weighted by molar-refractivity contribution is -0.118. The lowest BCUT2D eigenvalue weighted by Gasteiger charge is -2.12. The molecule has 1 fully saturated rings. The zero-order valence-electron chi connectivity index (χ0n) is 15.4. The Hall–Kier alpha value is -3.07. The summed E-state index contributed by atoms with van der Waals surface area (Å²) in [6, 6.07) is 9.01. The van der Waals surface area contributed by atoms with Crippen LogP contribution >= 0.6 is 11.8 Å². The van der Waals surface area contributed by atoms with Gasteiger partial charge in [0.15, 0.2) is 0 Å². The van der Waals surface area contributed by atoms with Crippen LogP contribution in [0, 0.1) is 0 Å². The van der Waals surface area contributed by atoms with Crippen molar-refractivity contribution >= 4 is 28.8 Å². The molecule has 0 radical (unpaired) electrons. The summed E-state index contributed by atoms with van der Waals surface area (Å²) in [6.45, 7) is 0.269. The van der Waals surface area contributed by atoms with Gasteiger partial charge >= 0.3 is 0 Å². The Morgan fingerprint density at radius 3 is 2.71 bits per heavy atom. The Labute approximate surface area is 166 Å². The van der Waals surface area contributed by atoms with Gasteiger partial charge in [-0.25, -0.2) is 4.98 Å². The molecule has 1 atom stereocenters. The highest BCUT2D eigenvalue weighted by Crippen LogP contribution is 2.25. The number of amides is 3. The predicted octanol–water partition coefficient (Wildman–Crippen LogP) is 1.92. The van der Waals surface area contributed by atoms with E-state index in [0.717, 1.165) is 17.3 Å². The molecule has 2 aromatic rings. The van der Waals surface area contributed by atoms with Gasteiger partial charge in [0.1, 0.15) is 11.3 Å². The number of carbonyl (C=O) groups is 3. The molecule has 3 rings (SSSR count). The van der Waals surface area contributed by atoms with Gasteiger partial charge in [-0.15, -0.1) is 0 Å². The lowest BCUT2D eigenvalue weighted by Crippen LogP contribution is -2.26. The molecule has 0 saturated carbocycles. The van der Waals surface area contributed by atoms with Crippen LogP contribution in [0.15, 0.2) is 36.5 Å². The average molecular weight is 401 g/mol. The van der Waals surface area contributed by atoms with Crippen molar-refractivity contribution in [1.29, 1.82) is 0 Å². The summed E-state index contributed by atoms with van der Waals surface area (Å²) in [5.41, 5.74) is 1.74. The molecule has 1 unspecified atom stereocenters. The van der Waals surface area contributed by atoms with E-state index in [4.69, 9.17) is 9.47 Å². The second kappa shape index (κ2) is 8.75. The summed E-state index contributed by atoms with van der Waals surface area (Å²) < 4.78 is 10.5. The maximum Gasteiger partial charge on any atom is 0.286 e. The monoisotopic (exact) mass is 401 g/mol. The minimum atomic E-state index is -0.535. The van der Waals surface area contributed by atoms with Gasteiger partial charge < -0.3 is 14.8 Å². The van der Waals surface area contributed by atoms with Crippen LogP contribution in [0.3, 0.4) is 0 Å². The van der Waals surface area contributed by atoms with Crippen LogP contribution in [0.1, 0.15) is 21.5 Å². The number of ether oxygens (including phenoxy) is 2. The summed E-state index contributed by atoms with van der Waals surface area (Å²) >= 11 is 0.931. The average Bonchev–Trinajstić information content (AvgIpc) is 3.02. The zero-order valence-corrected chi connectivity index (χ0v) is 16.2. The van der Waals surface area contributed by atoms with E-state index in [1.807, 2.05) is 24.3 Å². The fourth-order valence-corrected chi connectivity index (χ4v) is 3.65. The maximum atomic E-state index is 12.7. The van der Waals surface area contributed by atoms with Gasteiger partial charge in [0.25, 0.3) is 11.1 Å². The Morgan fingerprint density at radius 2 is 2.04 bits per heavy atom. The molecule has 1 aliphatic rings. The van der Waals surface area contributed by atoms with Gasteiger partial charge in [-0.3, -0.25) is 19.7 Å². The first-order chi connectivity index (χ1) is 13.5. The van der Waals surface area contributed by atoms with Crippen LogP contribution in [-0.4, -0.2) is 41.5 Å². The van der Waals surface area contributed by atoms with Crippen molar-refractivity contribution < 1.29 is 23.9 Å². The third-order valence-electron chi connectivity index (χ3n) is 4.17. The smallest absolute Gasteiger partial charge is 0.286 e. The second-order valence-corrected chi connectivity index (χ2v) is 7.16. The molecule has 1 saturated heterocycles. The van der Waals surface area contributed by atoms with E-state index >= 15 is 0 Å². The molecular weight excluding hydrogens is 382 g/mol. The molecule has 9 heteroatoms. The lowest BCUT2D eigenvalue weighted by atomic mass is 10.1. The van der Waals surface area contributed by atoms with E-state index in [-0.39, 0.29) is 41.5 Å². The Balaban J connectivity index is 1.75. The molecule has 8 nitrogen and oxygen atoms in total. The van der Waals surface area contributed by atoms with Gasteiger partial charge in [-0.1, -0.05) is 30.0 Å². The number of hydrogen-bond donors (Lipinski definition) is 2. The highest BCUT2D eigenvalue weighted by atomic mass is 32.2. The van der Waals surface area contributed by atoms with Crippen molar-refractivity contribution in [2.45, 2.75) is 18.2 Å². The minimum absolute atomic E-state index is 0.181. The number of hydrogen-bond acceptors (Lipinski definition) is 7. The SMILES string of the molecule is COc1ccccc1CNC(=O)c1cc(CC2SC(=O)NC2=O)cnc1OC. The topological polar surface area (TPSA) is 107 Å². The number of carbonyl (C=O) groups excluding carboxylic acids is 3. The summed E-state index contributed by atoms with van der Waals surface area (Å²) in [4.78, 5) is 39.9. The van der Waals surface area contributed by atoms with Crippen molar-refractivity contribution in [3.8, 4) is 11.6 Å². The van der Waals surface area contributed by atoms with Crippen molar-refractivity contribution in [2.24, 2.45) is 0 Å². The van der Waals surface area contributed by atoms with Crippen LogP contribution in [0.2, 0.25) is 0 Å². The van der Waals surface area contributed by atoms with Crippen LogP contribution in [0.5, 0.6) is 11.6 Å². The highest BCUT2D eigenvalue weighted by Gasteiger charge is 2.32. The van der Waals surface area contributed by atoms with Gasteiger partial charge in [-0.05, 0) is 24.1 Å². The largest absolute Gasteiger partial charge is 0.496 e. The number of benzene rings is 1. The first-order valence-corrected chi connectivity index (χ1v) is 9.34. The van der Waals surface area contributed by atoms with E-state index in [2.05, 4.69) is 15.6 Å². The number of methoxy groups -OCH3 is 2.